The van der Waals surface area contributed by atoms with Gasteiger partial charge in [0, 0.05) is 11.2 Å². The van der Waals surface area contributed by atoms with E-state index in [4.69, 9.17) is 34.3 Å². The van der Waals surface area contributed by atoms with Gasteiger partial charge in [-0.25, -0.2) is 0 Å². The van der Waals surface area contributed by atoms with Crippen LogP contribution in [0.1, 0.15) is 11.1 Å². The molecule has 0 saturated carbocycles. The molecular formula is C13H11ClN2OS. The number of nitrogens with two attached hydrogens (primary N) is 1. The fraction of sp³-hybridized carbons (Fsp3) is 0.0769. The second-order valence-electron chi connectivity index (χ2n) is 3.65. The summed E-state index contributed by atoms with van der Waals surface area (Å²) in [6.45, 7) is 0.415. The first kappa shape index (κ1) is 12.8. The summed E-state index contributed by atoms with van der Waals surface area (Å²) in [7, 11) is 0. The number of aromatic nitrogens is 1. The number of nitrogens with zero attached hydrogens (tertiary/aromatic N) is 1. The number of halogens is 1. The monoisotopic (exact) mass is 278 g/mol. The quantitative estimate of drug-likeness (QED) is 0.874. The molecule has 0 aliphatic heterocycles. The molecule has 0 aliphatic carbocycles. The molecule has 2 aromatic rings. The van der Waals surface area contributed by atoms with Crippen molar-refractivity contribution in [3.63, 3.8) is 0 Å². The molecule has 3 nitrogen and oxygen atoms in total. The largest absolute Gasteiger partial charge is 0.487 e. The van der Waals surface area contributed by atoms with Crippen LogP contribution in [0.2, 0.25) is 5.02 Å². The Morgan fingerprint density at radius 3 is 2.67 bits per heavy atom. The normalized spacial score (nSPS) is 10.1. The Bertz CT molecular complexity index is 557. The number of pyridine rings is 1. The van der Waals surface area contributed by atoms with Crippen molar-refractivity contribution in [2.24, 2.45) is 5.73 Å². The average Bonchev–Trinajstić information content (AvgIpc) is 2.38. The zero-order chi connectivity index (χ0) is 13.0. The van der Waals surface area contributed by atoms with E-state index in [0.29, 0.717) is 27.9 Å². The van der Waals surface area contributed by atoms with Crippen LogP contribution in [0.15, 0.2) is 42.7 Å². The van der Waals surface area contributed by atoms with Crippen LogP contribution in [0.25, 0.3) is 0 Å². The van der Waals surface area contributed by atoms with Gasteiger partial charge in [-0.1, -0.05) is 36.0 Å². The third-order valence-electron chi connectivity index (χ3n) is 2.36. The van der Waals surface area contributed by atoms with E-state index >= 15 is 0 Å². The molecule has 0 fully saturated rings. The highest BCUT2D eigenvalue weighted by Gasteiger charge is 2.06. The van der Waals surface area contributed by atoms with Gasteiger partial charge in [-0.15, -0.1) is 0 Å². The molecule has 2 N–H and O–H groups in total. The maximum atomic E-state index is 5.81. The summed E-state index contributed by atoms with van der Waals surface area (Å²) in [6, 6.07) is 9.17. The van der Waals surface area contributed by atoms with Crippen LogP contribution in [0.5, 0.6) is 5.75 Å². The molecule has 0 aliphatic rings. The summed E-state index contributed by atoms with van der Waals surface area (Å²) in [5.74, 6) is 0.583. The molecule has 1 aromatic heterocycles. The molecule has 0 atom stereocenters. The summed E-state index contributed by atoms with van der Waals surface area (Å²) >= 11 is 10.8. The van der Waals surface area contributed by atoms with E-state index in [-0.39, 0.29) is 0 Å². The van der Waals surface area contributed by atoms with Crippen molar-refractivity contribution in [2.75, 3.05) is 0 Å². The maximum absolute atomic E-state index is 5.81. The van der Waals surface area contributed by atoms with Crippen LogP contribution in [-0.4, -0.2) is 9.97 Å². The SMILES string of the molecule is NC(=S)c1ccncc1OCc1ccc(Cl)cc1. The fourth-order valence-corrected chi connectivity index (χ4v) is 1.73. The van der Waals surface area contributed by atoms with Gasteiger partial charge in [-0.05, 0) is 23.8 Å². The predicted octanol–water partition coefficient (Wildman–Crippen LogP) is 2.95. The van der Waals surface area contributed by atoms with Crippen molar-refractivity contribution in [3.05, 3.63) is 58.9 Å². The Labute approximate surface area is 116 Å². The second kappa shape index (κ2) is 5.80. The maximum Gasteiger partial charge on any atom is 0.148 e. The fourth-order valence-electron chi connectivity index (χ4n) is 1.44. The van der Waals surface area contributed by atoms with Crippen molar-refractivity contribution in [2.45, 2.75) is 6.61 Å². The molecule has 0 bridgehead atoms. The van der Waals surface area contributed by atoms with Gasteiger partial charge in [0.1, 0.15) is 17.3 Å². The van der Waals surface area contributed by atoms with E-state index in [1.165, 1.54) is 0 Å². The van der Waals surface area contributed by atoms with Gasteiger partial charge in [-0.3, -0.25) is 4.98 Å². The van der Waals surface area contributed by atoms with E-state index in [1.807, 2.05) is 24.3 Å². The van der Waals surface area contributed by atoms with E-state index in [1.54, 1.807) is 18.5 Å². The highest BCUT2D eigenvalue weighted by molar-refractivity contribution is 7.80. The van der Waals surface area contributed by atoms with E-state index in [2.05, 4.69) is 4.98 Å². The minimum atomic E-state index is 0.295. The van der Waals surface area contributed by atoms with Gasteiger partial charge < -0.3 is 10.5 Å². The lowest BCUT2D eigenvalue weighted by Gasteiger charge is -2.09. The zero-order valence-electron chi connectivity index (χ0n) is 9.47. The number of benzene rings is 1. The highest BCUT2D eigenvalue weighted by Crippen LogP contribution is 2.18. The van der Waals surface area contributed by atoms with Gasteiger partial charge in [0.25, 0.3) is 0 Å². The molecular weight excluding hydrogens is 268 g/mol. The van der Waals surface area contributed by atoms with Gasteiger partial charge >= 0.3 is 0 Å². The molecule has 0 radical (unpaired) electrons. The van der Waals surface area contributed by atoms with Crippen LogP contribution in [0.4, 0.5) is 0 Å². The van der Waals surface area contributed by atoms with Crippen LogP contribution >= 0.6 is 23.8 Å². The Morgan fingerprint density at radius 2 is 2.00 bits per heavy atom. The summed E-state index contributed by atoms with van der Waals surface area (Å²) in [5.41, 5.74) is 7.31. The Kier molecular flexibility index (Phi) is 4.12. The molecule has 2 rings (SSSR count). The summed E-state index contributed by atoms with van der Waals surface area (Å²) < 4.78 is 5.65. The van der Waals surface area contributed by atoms with Gasteiger partial charge in [0.05, 0.1) is 11.8 Å². The molecule has 1 heterocycles. The number of hydrogen-bond acceptors (Lipinski definition) is 3. The lowest BCUT2D eigenvalue weighted by atomic mass is 10.2. The lowest BCUT2D eigenvalue weighted by molar-refractivity contribution is 0.304. The molecule has 0 amide bonds. The van der Waals surface area contributed by atoms with E-state index in [9.17, 15) is 0 Å². The number of ether oxygens (including phenoxy) is 1. The number of hydrogen-bond donors (Lipinski definition) is 1. The molecule has 0 spiro atoms. The summed E-state index contributed by atoms with van der Waals surface area (Å²) in [4.78, 5) is 4.29. The first-order valence-electron chi connectivity index (χ1n) is 5.28. The van der Waals surface area contributed by atoms with Crippen molar-refractivity contribution in [1.29, 1.82) is 0 Å². The first-order chi connectivity index (χ1) is 8.66. The van der Waals surface area contributed by atoms with Crippen LogP contribution in [0.3, 0.4) is 0 Å². The molecule has 5 heteroatoms. The standard InChI is InChI=1S/C13H11ClN2OS/c14-10-3-1-9(2-4-10)8-17-12-7-16-6-5-11(12)13(15)18/h1-7H,8H2,(H2,15,18). The minimum Gasteiger partial charge on any atom is -0.487 e. The third-order valence-corrected chi connectivity index (χ3v) is 2.83. The van der Waals surface area contributed by atoms with Crippen molar-refractivity contribution in [1.82, 2.24) is 4.98 Å². The topological polar surface area (TPSA) is 48.1 Å². The Hall–Kier alpha value is -1.65. The first-order valence-corrected chi connectivity index (χ1v) is 6.06. The van der Waals surface area contributed by atoms with Crippen LogP contribution < -0.4 is 10.5 Å². The summed E-state index contributed by atoms with van der Waals surface area (Å²) in [5, 5.41) is 0.698. The van der Waals surface area contributed by atoms with E-state index < -0.39 is 0 Å². The third kappa shape index (κ3) is 3.18. The molecule has 18 heavy (non-hydrogen) atoms. The Morgan fingerprint density at radius 1 is 1.28 bits per heavy atom. The van der Waals surface area contributed by atoms with Gasteiger partial charge in [-0.2, -0.15) is 0 Å². The Balaban J connectivity index is 2.10. The van der Waals surface area contributed by atoms with E-state index in [0.717, 1.165) is 5.56 Å². The minimum absolute atomic E-state index is 0.295. The van der Waals surface area contributed by atoms with Gasteiger partial charge in [0.15, 0.2) is 0 Å². The smallest absolute Gasteiger partial charge is 0.148 e. The van der Waals surface area contributed by atoms with Crippen molar-refractivity contribution < 1.29 is 4.74 Å². The number of thiocarbonyl (C=S) groups is 1. The lowest BCUT2D eigenvalue weighted by Crippen LogP contribution is -2.11. The average molecular weight is 279 g/mol. The molecule has 1 aromatic carbocycles. The van der Waals surface area contributed by atoms with Gasteiger partial charge in [0.2, 0.25) is 0 Å². The zero-order valence-corrected chi connectivity index (χ0v) is 11.0. The highest BCUT2D eigenvalue weighted by atomic mass is 35.5. The summed E-state index contributed by atoms with van der Waals surface area (Å²) in [6.07, 6.45) is 3.23. The second-order valence-corrected chi connectivity index (χ2v) is 4.53. The van der Waals surface area contributed by atoms with Crippen LogP contribution in [0, 0.1) is 0 Å². The molecule has 0 unspecified atom stereocenters. The van der Waals surface area contributed by atoms with Crippen molar-refractivity contribution in [3.8, 4) is 5.75 Å². The van der Waals surface area contributed by atoms with Crippen LogP contribution in [-0.2, 0) is 6.61 Å². The predicted molar refractivity (Wildman–Crippen MR) is 75.9 cm³/mol. The number of rotatable bonds is 4. The molecule has 92 valence electrons. The molecule has 0 saturated heterocycles. The van der Waals surface area contributed by atoms with Crippen molar-refractivity contribution >= 4 is 28.8 Å².